The molecule has 0 aliphatic carbocycles. The molecule has 4 heterocycles. The van der Waals surface area contributed by atoms with Crippen LogP contribution in [0.1, 0.15) is 12.8 Å². The predicted molar refractivity (Wildman–Crippen MR) is 93.7 cm³/mol. The monoisotopic (exact) mass is 360 g/mol. The molecule has 2 aliphatic heterocycles. The fourth-order valence-electron chi connectivity index (χ4n) is 4.26. The number of hydrogen-bond donors (Lipinski definition) is 1. The fourth-order valence-corrected chi connectivity index (χ4v) is 4.26. The van der Waals surface area contributed by atoms with Gasteiger partial charge in [-0.25, -0.2) is 9.18 Å². The third kappa shape index (κ3) is 3.05. The van der Waals surface area contributed by atoms with Gasteiger partial charge in [0.15, 0.2) is 0 Å². The van der Waals surface area contributed by atoms with Gasteiger partial charge in [-0.05, 0) is 25.5 Å². The van der Waals surface area contributed by atoms with Gasteiger partial charge in [-0.15, -0.1) is 0 Å². The minimum absolute atomic E-state index is 0.0375. The molecule has 0 saturated carbocycles. The Hall–Kier alpha value is -2.48. The van der Waals surface area contributed by atoms with Crippen LogP contribution in [-0.2, 0) is 6.54 Å². The van der Waals surface area contributed by atoms with Gasteiger partial charge in [0.05, 0.1) is 17.2 Å². The van der Waals surface area contributed by atoms with Crippen LogP contribution < -0.4 is 5.56 Å². The van der Waals surface area contributed by atoms with E-state index < -0.39 is 11.9 Å². The van der Waals surface area contributed by atoms with Crippen LogP contribution in [0.3, 0.4) is 0 Å². The standard InChI is InChI=1S/C18H21FN4O3/c19-13-9-15-14(20-10-13)1-2-16(24)23(15)8-7-21-5-3-18(11-21)4-6-22(12-18)17(25)26/h1-2,9-10H,3-8,11-12H2,(H,25,26). The van der Waals surface area contributed by atoms with Gasteiger partial charge in [-0.3, -0.25) is 9.78 Å². The molecule has 26 heavy (non-hydrogen) atoms. The molecule has 0 aromatic carbocycles. The van der Waals surface area contributed by atoms with Gasteiger partial charge in [-0.2, -0.15) is 0 Å². The Kier molecular flexibility index (Phi) is 4.14. The molecule has 138 valence electrons. The Bertz CT molecular complexity index is 915. The summed E-state index contributed by atoms with van der Waals surface area (Å²) in [5.74, 6) is -0.461. The van der Waals surface area contributed by atoms with Crippen LogP contribution in [-0.4, -0.2) is 63.3 Å². The summed E-state index contributed by atoms with van der Waals surface area (Å²) in [5.41, 5.74) is 0.966. The summed E-state index contributed by atoms with van der Waals surface area (Å²) in [4.78, 5) is 31.2. The van der Waals surface area contributed by atoms with Crippen LogP contribution in [0, 0.1) is 11.2 Å². The molecule has 2 saturated heterocycles. The summed E-state index contributed by atoms with van der Waals surface area (Å²) in [5, 5.41) is 9.17. The minimum Gasteiger partial charge on any atom is -0.465 e. The van der Waals surface area contributed by atoms with E-state index in [1.165, 1.54) is 17.0 Å². The molecule has 1 unspecified atom stereocenters. The van der Waals surface area contributed by atoms with Crippen LogP contribution in [0.25, 0.3) is 11.0 Å². The number of carbonyl (C=O) groups is 1. The lowest BCUT2D eigenvalue weighted by molar-refractivity contribution is 0.148. The topological polar surface area (TPSA) is 78.7 Å². The van der Waals surface area contributed by atoms with Crippen molar-refractivity contribution in [1.29, 1.82) is 0 Å². The molecule has 1 spiro atoms. The van der Waals surface area contributed by atoms with Crippen molar-refractivity contribution in [3.63, 3.8) is 0 Å². The highest BCUT2D eigenvalue weighted by molar-refractivity contribution is 5.74. The summed E-state index contributed by atoms with van der Waals surface area (Å²) in [6.07, 6.45) is 2.16. The third-order valence-corrected chi connectivity index (χ3v) is 5.67. The highest BCUT2D eigenvalue weighted by atomic mass is 19.1. The van der Waals surface area contributed by atoms with Crippen molar-refractivity contribution in [1.82, 2.24) is 19.4 Å². The highest BCUT2D eigenvalue weighted by Crippen LogP contribution is 2.39. The number of carboxylic acid groups (broad SMARTS) is 1. The van der Waals surface area contributed by atoms with Crippen molar-refractivity contribution in [3.8, 4) is 0 Å². The van der Waals surface area contributed by atoms with E-state index in [9.17, 15) is 14.0 Å². The maximum Gasteiger partial charge on any atom is 0.407 e. The van der Waals surface area contributed by atoms with E-state index in [0.29, 0.717) is 37.2 Å². The van der Waals surface area contributed by atoms with Crippen molar-refractivity contribution >= 4 is 17.1 Å². The van der Waals surface area contributed by atoms with E-state index in [1.54, 1.807) is 10.6 Å². The molecule has 1 atom stereocenters. The van der Waals surface area contributed by atoms with E-state index in [2.05, 4.69) is 9.88 Å². The first kappa shape index (κ1) is 17.0. The van der Waals surface area contributed by atoms with E-state index in [-0.39, 0.29) is 11.0 Å². The van der Waals surface area contributed by atoms with E-state index in [1.807, 2.05) is 0 Å². The second kappa shape index (κ2) is 6.35. The van der Waals surface area contributed by atoms with Gasteiger partial charge in [-0.1, -0.05) is 0 Å². The normalized spacial score (nSPS) is 23.3. The molecule has 2 aromatic rings. The summed E-state index contributed by atoms with van der Waals surface area (Å²) < 4.78 is 15.1. The van der Waals surface area contributed by atoms with Gasteiger partial charge in [0.2, 0.25) is 0 Å². The molecule has 2 aromatic heterocycles. The van der Waals surface area contributed by atoms with Crippen LogP contribution in [0.15, 0.2) is 29.2 Å². The van der Waals surface area contributed by atoms with Crippen molar-refractivity contribution in [2.24, 2.45) is 5.41 Å². The van der Waals surface area contributed by atoms with Gasteiger partial charge < -0.3 is 19.5 Å². The van der Waals surface area contributed by atoms with Crippen LogP contribution in [0.2, 0.25) is 0 Å². The molecule has 1 amide bonds. The summed E-state index contributed by atoms with van der Waals surface area (Å²) in [7, 11) is 0. The Morgan fingerprint density at radius 1 is 1.23 bits per heavy atom. The summed E-state index contributed by atoms with van der Waals surface area (Å²) in [6, 6.07) is 4.41. The zero-order valence-corrected chi connectivity index (χ0v) is 14.4. The summed E-state index contributed by atoms with van der Waals surface area (Å²) >= 11 is 0. The highest BCUT2D eigenvalue weighted by Gasteiger charge is 2.44. The number of fused-ring (bicyclic) bond motifs is 1. The molecular formula is C18H21FN4O3. The Morgan fingerprint density at radius 2 is 2.04 bits per heavy atom. The van der Waals surface area contributed by atoms with Crippen molar-refractivity contribution in [2.45, 2.75) is 19.4 Å². The van der Waals surface area contributed by atoms with Crippen molar-refractivity contribution < 1.29 is 14.3 Å². The number of pyridine rings is 2. The molecule has 4 rings (SSSR count). The fraction of sp³-hybridized carbons (Fsp3) is 0.500. The SMILES string of the molecule is O=C(O)N1CCC2(CCN(CCn3c(=O)ccc4ncc(F)cc43)C2)C1. The zero-order valence-electron chi connectivity index (χ0n) is 14.4. The number of hydrogen-bond acceptors (Lipinski definition) is 4. The first-order valence-corrected chi connectivity index (χ1v) is 8.81. The molecule has 1 N–H and O–H groups in total. The second-order valence-corrected chi connectivity index (χ2v) is 7.36. The van der Waals surface area contributed by atoms with Crippen LogP contribution in [0.4, 0.5) is 9.18 Å². The molecule has 7 nitrogen and oxygen atoms in total. The second-order valence-electron chi connectivity index (χ2n) is 7.36. The first-order chi connectivity index (χ1) is 12.5. The lowest BCUT2D eigenvalue weighted by Gasteiger charge is -2.24. The average molecular weight is 360 g/mol. The quantitative estimate of drug-likeness (QED) is 0.900. The Morgan fingerprint density at radius 3 is 2.81 bits per heavy atom. The predicted octanol–water partition coefficient (Wildman–Crippen LogP) is 1.61. The van der Waals surface area contributed by atoms with Crippen molar-refractivity contribution in [2.75, 3.05) is 32.7 Å². The van der Waals surface area contributed by atoms with Gasteiger partial charge >= 0.3 is 6.09 Å². The lowest BCUT2D eigenvalue weighted by atomic mass is 9.86. The lowest BCUT2D eigenvalue weighted by Crippen LogP contribution is -2.34. The molecule has 2 aliphatic rings. The van der Waals surface area contributed by atoms with E-state index >= 15 is 0 Å². The van der Waals surface area contributed by atoms with Gasteiger partial charge in [0.1, 0.15) is 5.82 Å². The molecule has 0 radical (unpaired) electrons. The number of aromatic nitrogens is 2. The van der Waals surface area contributed by atoms with Crippen LogP contribution in [0.5, 0.6) is 0 Å². The Balaban J connectivity index is 1.47. The molecule has 0 bridgehead atoms. The van der Waals surface area contributed by atoms with Crippen molar-refractivity contribution in [3.05, 3.63) is 40.6 Å². The smallest absolute Gasteiger partial charge is 0.407 e. The van der Waals surface area contributed by atoms with E-state index in [0.717, 1.165) is 32.1 Å². The maximum atomic E-state index is 13.6. The average Bonchev–Trinajstić information content (AvgIpc) is 3.21. The number of halogens is 1. The summed E-state index contributed by atoms with van der Waals surface area (Å²) in [6.45, 7) is 4.03. The molecular weight excluding hydrogens is 339 g/mol. The third-order valence-electron chi connectivity index (χ3n) is 5.67. The molecule has 8 heteroatoms. The first-order valence-electron chi connectivity index (χ1n) is 8.81. The maximum absolute atomic E-state index is 13.6. The number of amides is 1. The number of nitrogens with zero attached hydrogens (tertiary/aromatic N) is 4. The number of likely N-dealkylation sites (tertiary alicyclic amines) is 2. The minimum atomic E-state index is -0.850. The van der Waals surface area contributed by atoms with Crippen LogP contribution >= 0.6 is 0 Å². The Labute approximate surface area is 149 Å². The molecule has 2 fully saturated rings. The van der Waals surface area contributed by atoms with Gasteiger partial charge in [0.25, 0.3) is 5.56 Å². The largest absolute Gasteiger partial charge is 0.465 e. The zero-order chi connectivity index (χ0) is 18.3. The van der Waals surface area contributed by atoms with E-state index in [4.69, 9.17) is 5.11 Å². The van der Waals surface area contributed by atoms with Gasteiger partial charge in [0, 0.05) is 50.3 Å². The number of rotatable bonds is 3.